The number of hydrogen-bond acceptors (Lipinski definition) is 4. The monoisotopic (exact) mass is 636 g/mol. The molecule has 0 fully saturated rings. The SMILES string of the molecule is O=C(Nc1ccc(SCC(=O)c2ccc(-c3ccccc3)cc2)cc1)/C(=C/c1c(Cl)cccc1Cl)NC(=O)c1ccccc1. The molecule has 0 saturated heterocycles. The minimum atomic E-state index is -0.556. The highest BCUT2D eigenvalue weighted by Crippen LogP contribution is 2.27. The lowest BCUT2D eigenvalue weighted by molar-refractivity contribution is -0.113. The number of carbonyl (C=O) groups is 3. The van der Waals surface area contributed by atoms with Crippen LogP contribution >= 0.6 is 35.0 Å². The van der Waals surface area contributed by atoms with Crippen LogP contribution in [0.2, 0.25) is 10.0 Å². The molecule has 0 aliphatic heterocycles. The first-order valence-corrected chi connectivity index (χ1v) is 15.4. The van der Waals surface area contributed by atoms with Crippen molar-refractivity contribution in [2.45, 2.75) is 4.90 Å². The number of carbonyl (C=O) groups excluding carboxylic acids is 3. The van der Waals surface area contributed by atoms with Gasteiger partial charge in [-0.05, 0) is 65.7 Å². The summed E-state index contributed by atoms with van der Waals surface area (Å²) in [6.45, 7) is 0. The Morgan fingerprint density at radius 3 is 1.86 bits per heavy atom. The van der Waals surface area contributed by atoms with Crippen molar-refractivity contribution < 1.29 is 14.4 Å². The molecule has 0 atom stereocenters. The zero-order valence-corrected chi connectivity index (χ0v) is 25.6. The Kier molecular flexibility index (Phi) is 10.3. The van der Waals surface area contributed by atoms with Gasteiger partial charge in [-0.2, -0.15) is 0 Å². The maximum Gasteiger partial charge on any atom is 0.272 e. The highest BCUT2D eigenvalue weighted by atomic mass is 35.5. The number of halogens is 2. The predicted octanol–water partition coefficient (Wildman–Crippen LogP) is 9.04. The Balaban J connectivity index is 1.24. The Bertz CT molecular complexity index is 1790. The van der Waals surface area contributed by atoms with Crippen molar-refractivity contribution in [1.29, 1.82) is 0 Å². The number of rotatable bonds is 10. The number of amides is 2. The van der Waals surface area contributed by atoms with E-state index in [0.717, 1.165) is 16.0 Å². The Hall–Kier alpha value is -4.62. The van der Waals surface area contributed by atoms with Gasteiger partial charge in [0.15, 0.2) is 5.78 Å². The molecular weight excluding hydrogens is 611 g/mol. The van der Waals surface area contributed by atoms with Crippen LogP contribution in [0.3, 0.4) is 0 Å². The molecule has 0 unspecified atom stereocenters. The second-order valence-electron chi connectivity index (χ2n) is 9.65. The first kappa shape index (κ1) is 30.8. The normalized spacial score (nSPS) is 11.1. The lowest BCUT2D eigenvalue weighted by Gasteiger charge is -2.13. The van der Waals surface area contributed by atoms with E-state index in [9.17, 15) is 14.4 Å². The molecule has 5 rings (SSSR count). The third kappa shape index (κ3) is 8.05. The highest BCUT2D eigenvalue weighted by molar-refractivity contribution is 8.00. The zero-order valence-electron chi connectivity index (χ0n) is 23.3. The molecule has 5 aromatic rings. The van der Waals surface area contributed by atoms with Crippen LogP contribution < -0.4 is 10.6 Å². The molecule has 0 radical (unpaired) electrons. The topological polar surface area (TPSA) is 75.3 Å². The van der Waals surface area contributed by atoms with Crippen molar-refractivity contribution >= 4 is 64.3 Å². The third-order valence-electron chi connectivity index (χ3n) is 6.61. The molecule has 2 amide bonds. The molecule has 44 heavy (non-hydrogen) atoms. The maximum absolute atomic E-state index is 13.3. The summed E-state index contributed by atoms with van der Waals surface area (Å²) in [5.41, 5.74) is 4.07. The summed E-state index contributed by atoms with van der Waals surface area (Å²) in [5.74, 6) is -0.719. The van der Waals surface area contributed by atoms with Crippen molar-refractivity contribution in [2.75, 3.05) is 11.1 Å². The lowest BCUT2D eigenvalue weighted by atomic mass is 10.0. The first-order valence-electron chi connectivity index (χ1n) is 13.6. The summed E-state index contributed by atoms with van der Waals surface area (Å²) in [6, 6.07) is 38.3. The molecule has 0 aliphatic carbocycles. The van der Waals surface area contributed by atoms with Gasteiger partial charge in [-0.3, -0.25) is 14.4 Å². The van der Waals surface area contributed by atoms with Gasteiger partial charge < -0.3 is 10.6 Å². The Morgan fingerprint density at radius 1 is 0.636 bits per heavy atom. The number of Topliss-reactive ketones (excluding diaryl/α,β-unsaturated/α-hetero) is 1. The van der Waals surface area contributed by atoms with Crippen molar-refractivity contribution in [3.8, 4) is 11.1 Å². The summed E-state index contributed by atoms with van der Waals surface area (Å²) in [7, 11) is 0. The van der Waals surface area contributed by atoms with Crippen LogP contribution in [-0.2, 0) is 4.79 Å². The van der Waals surface area contributed by atoms with Gasteiger partial charge in [-0.15, -0.1) is 11.8 Å². The summed E-state index contributed by atoms with van der Waals surface area (Å²) in [4.78, 5) is 39.9. The number of ketones is 1. The fraction of sp³-hybridized carbons (Fsp3) is 0.0278. The van der Waals surface area contributed by atoms with Crippen LogP contribution in [0.5, 0.6) is 0 Å². The third-order valence-corrected chi connectivity index (χ3v) is 8.28. The molecule has 5 nitrogen and oxygen atoms in total. The van der Waals surface area contributed by atoms with E-state index in [1.807, 2.05) is 66.7 Å². The molecule has 0 saturated carbocycles. The number of anilines is 1. The van der Waals surface area contributed by atoms with Gasteiger partial charge in [-0.1, -0.05) is 102 Å². The highest BCUT2D eigenvalue weighted by Gasteiger charge is 2.17. The fourth-order valence-corrected chi connectivity index (χ4v) is 5.58. The van der Waals surface area contributed by atoms with Gasteiger partial charge in [-0.25, -0.2) is 0 Å². The molecule has 8 heteroatoms. The second-order valence-corrected chi connectivity index (χ2v) is 11.5. The van der Waals surface area contributed by atoms with Crippen LogP contribution in [0.4, 0.5) is 5.69 Å². The summed E-state index contributed by atoms with van der Waals surface area (Å²) in [5, 5.41) is 6.16. The molecule has 218 valence electrons. The number of thioether (sulfide) groups is 1. The fourth-order valence-electron chi connectivity index (χ4n) is 4.28. The molecule has 0 spiro atoms. The van der Waals surface area contributed by atoms with Gasteiger partial charge >= 0.3 is 0 Å². The summed E-state index contributed by atoms with van der Waals surface area (Å²) >= 11 is 14.1. The van der Waals surface area contributed by atoms with Gasteiger partial charge in [0.2, 0.25) is 0 Å². The average Bonchev–Trinajstić information content (AvgIpc) is 3.06. The van der Waals surface area contributed by atoms with E-state index in [1.54, 1.807) is 60.7 Å². The van der Waals surface area contributed by atoms with Crippen molar-refractivity contribution in [2.24, 2.45) is 0 Å². The summed E-state index contributed by atoms with van der Waals surface area (Å²) < 4.78 is 0. The van der Waals surface area contributed by atoms with E-state index in [4.69, 9.17) is 23.2 Å². The van der Waals surface area contributed by atoms with E-state index in [1.165, 1.54) is 17.8 Å². The van der Waals surface area contributed by atoms with Crippen LogP contribution in [0.25, 0.3) is 17.2 Å². The van der Waals surface area contributed by atoms with Crippen molar-refractivity contribution in [1.82, 2.24) is 5.32 Å². The molecular formula is C36H26Cl2N2O3S. The van der Waals surface area contributed by atoms with E-state index < -0.39 is 11.8 Å². The molecule has 2 N–H and O–H groups in total. The standard InChI is InChI=1S/C36H26Cl2N2O3S/c37-31-12-7-13-32(38)30(31)22-33(40-35(42)27-10-5-2-6-11-27)36(43)39-28-18-20-29(21-19-28)44-23-34(41)26-16-14-25(15-17-26)24-8-3-1-4-9-24/h1-22H,23H2,(H,39,43)(H,40,42)/b33-22-. The molecule has 0 heterocycles. The van der Waals surface area contributed by atoms with Crippen LogP contribution in [-0.4, -0.2) is 23.4 Å². The molecule has 0 aliphatic rings. The minimum Gasteiger partial charge on any atom is -0.321 e. The van der Waals surface area contributed by atoms with Crippen molar-refractivity contribution in [3.05, 3.63) is 160 Å². The van der Waals surface area contributed by atoms with Gasteiger partial charge in [0.25, 0.3) is 11.8 Å². The number of nitrogens with one attached hydrogen (secondary N) is 2. The predicted molar refractivity (Wildman–Crippen MR) is 180 cm³/mol. The first-order chi connectivity index (χ1) is 21.4. The average molecular weight is 638 g/mol. The largest absolute Gasteiger partial charge is 0.321 e. The number of hydrogen-bond donors (Lipinski definition) is 2. The van der Waals surface area contributed by atoms with Gasteiger partial charge in [0.05, 0.1) is 5.75 Å². The summed E-state index contributed by atoms with van der Waals surface area (Å²) in [6.07, 6.45) is 1.45. The van der Waals surface area contributed by atoms with Crippen LogP contribution in [0, 0.1) is 0 Å². The van der Waals surface area contributed by atoms with E-state index >= 15 is 0 Å². The molecule has 5 aromatic carbocycles. The van der Waals surface area contributed by atoms with Gasteiger partial charge in [0, 0.05) is 37.3 Å². The zero-order chi connectivity index (χ0) is 30.9. The smallest absolute Gasteiger partial charge is 0.272 e. The van der Waals surface area contributed by atoms with E-state index in [-0.39, 0.29) is 17.2 Å². The second kappa shape index (κ2) is 14.7. The quantitative estimate of drug-likeness (QED) is 0.0911. The van der Waals surface area contributed by atoms with E-state index in [0.29, 0.717) is 32.4 Å². The maximum atomic E-state index is 13.3. The van der Waals surface area contributed by atoms with Gasteiger partial charge in [0.1, 0.15) is 5.70 Å². The molecule has 0 aromatic heterocycles. The number of benzene rings is 5. The lowest BCUT2D eigenvalue weighted by Crippen LogP contribution is -2.30. The molecule has 0 bridgehead atoms. The van der Waals surface area contributed by atoms with Crippen LogP contribution in [0.1, 0.15) is 26.3 Å². The van der Waals surface area contributed by atoms with E-state index in [2.05, 4.69) is 10.6 Å². The van der Waals surface area contributed by atoms with Crippen molar-refractivity contribution in [3.63, 3.8) is 0 Å². The Labute approximate surface area is 269 Å². The minimum absolute atomic E-state index is 0.0224. The van der Waals surface area contributed by atoms with Crippen LogP contribution in [0.15, 0.2) is 138 Å². The Morgan fingerprint density at radius 2 is 1.23 bits per heavy atom.